The van der Waals surface area contributed by atoms with Crippen molar-refractivity contribution in [3.8, 4) is 0 Å². The van der Waals surface area contributed by atoms with Crippen molar-refractivity contribution < 1.29 is 14.3 Å². The van der Waals surface area contributed by atoms with Gasteiger partial charge in [0.05, 0.1) is 5.92 Å². The van der Waals surface area contributed by atoms with Crippen LogP contribution in [0.4, 0.5) is 0 Å². The number of hydrogen-bond acceptors (Lipinski definition) is 4. The van der Waals surface area contributed by atoms with Gasteiger partial charge in [-0.15, -0.1) is 0 Å². The van der Waals surface area contributed by atoms with E-state index in [-0.39, 0.29) is 17.7 Å². The summed E-state index contributed by atoms with van der Waals surface area (Å²) in [6.07, 6.45) is 0. The van der Waals surface area contributed by atoms with Gasteiger partial charge in [-0.2, -0.15) is 0 Å². The van der Waals surface area contributed by atoms with Gasteiger partial charge < -0.3 is 9.64 Å². The Morgan fingerprint density at radius 2 is 1.50 bits per heavy atom. The summed E-state index contributed by atoms with van der Waals surface area (Å²) in [6, 6.07) is 16.4. The van der Waals surface area contributed by atoms with Crippen LogP contribution in [0.3, 0.4) is 0 Å². The first-order valence-corrected chi connectivity index (χ1v) is 9.15. The Morgan fingerprint density at radius 3 is 2.08 bits per heavy atom. The first-order valence-electron chi connectivity index (χ1n) is 9.15. The third kappa shape index (κ3) is 5.27. The number of ether oxygens (including phenoxy) is 1. The van der Waals surface area contributed by atoms with Gasteiger partial charge in [0.25, 0.3) is 0 Å². The second kappa shape index (κ2) is 9.88. The van der Waals surface area contributed by atoms with E-state index < -0.39 is 0 Å². The summed E-state index contributed by atoms with van der Waals surface area (Å²) in [5, 5.41) is 0. The van der Waals surface area contributed by atoms with Gasteiger partial charge in [-0.3, -0.25) is 9.59 Å². The van der Waals surface area contributed by atoms with E-state index in [4.69, 9.17) is 4.74 Å². The van der Waals surface area contributed by atoms with E-state index in [9.17, 15) is 9.59 Å². The van der Waals surface area contributed by atoms with E-state index in [0.717, 1.165) is 25.2 Å². The maximum atomic E-state index is 12.4. The molecule has 0 amide bonds. The molecule has 26 heavy (non-hydrogen) atoms. The molecule has 0 aromatic heterocycles. The Balaban J connectivity index is 1.94. The van der Waals surface area contributed by atoms with E-state index in [0.29, 0.717) is 17.7 Å². The molecule has 0 saturated heterocycles. The highest BCUT2D eigenvalue weighted by atomic mass is 16.5. The van der Waals surface area contributed by atoms with Crippen LogP contribution in [0, 0.1) is 0 Å². The van der Waals surface area contributed by atoms with Gasteiger partial charge in [0.1, 0.15) is 6.61 Å². The summed E-state index contributed by atoms with van der Waals surface area (Å²) < 4.78 is 5.39. The van der Waals surface area contributed by atoms with Crippen LogP contribution in [0.2, 0.25) is 0 Å². The van der Waals surface area contributed by atoms with E-state index in [2.05, 4.69) is 18.7 Å². The topological polar surface area (TPSA) is 46.6 Å². The lowest BCUT2D eigenvalue weighted by Gasteiger charge is -2.18. The summed E-state index contributed by atoms with van der Waals surface area (Å²) in [6.45, 7) is 9.04. The molecule has 0 aliphatic heterocycles. The van der Waals surface area contributed by atoms with Crippen LogP contribution < -0.4 is 0 Å². The Labute approximate surface area is 155 Å². The van der Waals surface area contributed by atoms with Crippen molar-refractivity contribution in [2.24, 2.45) is 0 Å². The lowest BCUT2D eigenvalue weighted by molar-refractivity contribution is -0.145. The SMILES string of the molecule is CCN(CC)CCOC(=O)C(C)c1ccc(C(=O)c2ccccc2)cc1. The smallest absolute Gasteiger partial charge is 0.313 e. The molecule has 4 nitrogen and oxygen atoms in total. The van der Waals surface area contributed by atoms with Crippen LogP contribution in [0.15, 0.2) is 54.6 Å². The van der Waals surface area contributed by atoms with Crippen molar-refractivity contribution in [2.45, 2.75) is 26.7 Å². The van der Waals surface area contributed by atoms with Crippen LogP contribution >= 0.6 is 0 Å². The van der Waals surface area contributed by atoms with E-state index >= 15 is 0 Å². The van der Waals surface area contributed by atoms with Crippen molar-refractivity contribution in [1.29, 1.82) is 0 Å². The number of carbonyl (C=O) groups is 2. The highest BCUT2D eigenvalue weighted by Crippen LogP contribution is 2.19. The van der Waals surface area contributed by atoms with E-state index in [1.807, 2.05) is 37.3 Å². The number of benzene rings is 2. The largest absolute Gasteiger partial charge is 0.464 e. The molecular formula is C22H27NO3. The van der Waals surface area contributed by atoms with Crippen molar-refractivity contribution in [3.63, 3.8) is 0 Å². The Morgan fingerprint density at radius 1 is 0.923 bits per heavy atom. The third-order valence-corrected chi connectivity index (χ3v) is 4.61. The molecule has 1 unspecified atom stereocenters. The van der Waals surface area contributed by atoms with E-state index in [1.54, 1.807) is 24.3 Å². The van der Waals surface area contributed by atoms with E-state index in [1.165, 1.54) is 0 Å². The molecule has 2 aromatic rings. The molecule has 2 aromatic carbocycles. The maximum absolute atomic E-state index is 12.4. The molecule has 0 saturated carbocycles. The standard InChI is InChI=1S/C22H27NO3/c1-4-23(5-2)15-16-26-22(25)17(3)18-11-13-20(14-12-18)21(24)19-9-7-6-8-10-19/h6-14,17H,4-5,15-16H2,1-3H3. The monoisotopic (exact) mass is 353 g/mol. The van der Waals surface area contributed by atoms with Gasteiger partial charge in [-0.25, -0.2) is 0 Å². The van der Waals surface area contributed by atoms with Gasteiger partial charge in [-0.1, -0.05) is 68.4 Å². The molecule has 4 heteroatoms. The number of nitrogens with zero attached hydrogens (tertiary/aromatic N) is 1. The first kappa shape index (κ1) is 19.9. The number of rotatable bonds is 9. The van der Waals surface area contributed by atoms with Crippen LogP contribution in [0.25, 0.3) is 0 Å². The van der Waals surface area contributed by atoms with Gasteiger partial charge in [0, 0.05) is 17.7 Å². The molecule has 0 aliphatic rings. The fourth-order valence-corrected chi connectivity index (χ4v) is 2.76. The quantitative estimate of drug-likeness (QED) is 0.507. The molecule has 0 aliphatic carbocycles. The molecule has 0 N–H and O–H groups in total. The second-order valence-corrected chi connectivity index (χ2v) is 6.23. The number of ketones is 1. The van der Waals surface area contributed by atoms with Crippen LogP contribution in [0.1, 0.15) is 48.2 Å². The molecule has 2 rings (SSSR count). The molecule has 0 fully saturated rings. The fraction of sp³-hybridized carbons (Fsp3) is 0.364. The summed E-state index contributed by atoms with van der Waals surface area (Å²) in [5.74, 6) is -0.613. The van der Waals surface area contributed by atoms with Gasteiger partial charge in [-0.05, 0) is 25.6 Å². The number of hydrogen-bond donors (Lipinski definition) is 0. The zero-order valence-corrected chi connectivity index (χ0v) is 15.8. The molecule has 0 heterocycles. The molecular weight excluding hydrogens is 326 g/mol. The number of likely N-dealkylation sites (N-methyl/N-ethyl adjacent to an activating group) is 1. The molecule has 0 spiro atoms. The third-order valence-electron chi connectivity index (χ3n) is 4.61. The average Bonchev–Trinajstić information content (AvgIpc) is 2.70. The minimum Gasteiger partial charge on any atom is -0.464 e. The van der Waals surface area contributed by atoms with Crippen LogP contribution in [0.5, 0.6) is 0 Å². The fourth-order valence-electron chi connectivity index (χ4n) is 2.76. The summed E-state index contributed by atoms with van der Waals surface area (Å²) >= 11 is 0. The lowest BCUT2D eigenvalue weighted by Crippen LogP contribution is -2.28. The minimum atomic E-state index is -0.354. The normalized spacial score (nSPS) is 12.0. The Kier molecular flexibility index (Phi) is 7.54. The minimum absolute atomic E-state index is 0.0217. The van der Waals surface area contributed by atoms with Crippen molar-refractivity contribution in [2.75, 3.05) is 26.2 Å². The van der Waals surface area contributed by atoms with Crippen molar-refractivity contribution >= 4 is 11.8 Å². The van der Waals surface area contributed by atoms with Crippen molar-refractivity contribution in [3.05, 3.63) is 71.3 Å². The van der Waals surface area contributed by atoms with Gasteiger partial charge in [0.15, 0.2) is 5.78 Å². The lowest BCUT2D eigenvalue weighted by atomic mass is 9.97. The summed E-state index contributed by atoms with van der Waals surface area (Å²) in [4.78, 5) is 26.9. The highest BCUT2D eigenvalue weighted by molar-refractivity contribution is 6.08. The maximum Gasteiger partial charge on any atom is 0.313 e. The average molecular weight is 353 g/mol. The zero-order chi connectivity index (χ0) is 18.9. The Bertz CT molecular complexity index is 706. The predicted octanol–water partition coefficient (Wildman–Crippen LogP) is 3.91. The predicted molar refractivity (Wildman–Crippen MR) is 103 cm³/mol. The molecule has 1 atom stereocenters. The molecule has 0 bridgehead atoms. The first-order chi connectivity index (χ1) is 12.6. The van der Waals surface area contributed by atoms with Crippen molar-refractivity contribution in [1.82, 2.24) is 4.90 Å². The number of esters is 1. The van der Waals surface area contributed by atoms with Crippen LogP contribution in [-0.4, -0.2) is 42.9 Å². The van der Waals surface area contributed by atoms with Crippen LogP contribution in [-0.2, 0) is 9.53 Å². The zero-order valence-electron chi connectivity index (χ0n) is 15.8. The number of carbonyl (C=O) groups excluding carboxylic acids is 2. The highest BCUT2D eigenvalue weighted by Gasteiger charge is 2.18. The van der Waals surface area contributed by atoms with Gasteiger partial charge in [0.2, 0.25) is 0 Å². The Hall–Kier alpha value is -2.46. The molecule has 0 radical (unpaired) electrons. The van der Waals surface area contributed by atoms with Gasteiger partial charge >= 0.3 is 5.97 Å². The molecule has 138 valence electrons. The summed E-state index contributed by atoms with van der Waals surface area (Å²) in [5.41, 5.74) is 2.12. The summed E-state index contributed by atoms with van der Waals surface area (Å²) in [7, 11) is 0. The second-order valence-electron chi connectivity index (χ2n) is 6.23.